The zero-order valence-electron chi connectivity index (χ0n) is 13.8. The van der Waals surface area contributed by atoms with E-state index in [9.17, 15) is 0 Å². The summed E-state index contributed by atoms with van der Waals surface area (Å²) in [5.41, 5.74) is 0.841. The Bertz CT molecular complexity index is 816. The molecule has 24 heavy (non-hydrogen) atoms. The summed E-state index contributed by atoms with van der Waals surface area (Å²) in [6, 6.07) is 11.3. The standard InChI is InChI=1S/C17H19N5O2/c1-11(2)23-14-7-5-4-6-13(14)19-15-8-9-18-17(20-15)21-16-10-12(3)24-22-16/h4-11H,1-3H3,(H2,18,19,20,21,22). The van der Waals surface area contributed by atoms with Crippen LogP contribution < -0.4 is 15.4 Å². The first-order valence-corrected chi connectivity index (χ1v) is 7.66. The van der Waals surface area contributed by atoms with Crippen LogP contribution >= 0.6 is 0 Å². The lowest BCUT2D eigenvalue weighted by Crippen LogP contribution is -2.07. The maximum absolute atomic E-state index is 5.80. The van der Waals surface area contributed by atoms with Crippen molar-refractivity contribution < 1.29 is 9.26 Å². The first-order chi connectivity index (χ1) is 11.6. The average molecular weight is 325 g/mol. The van der Waals surface area contributed by atoms with Crippen LogP contribution in [0.2, 0.25) is 0 Å². The smallest absolute Gasteiger partial charge is 0.230 e. The number of benzene rings is 1. The minimum Gasteiger partial charge on any atom is -0.489 e. The molecule has 1 aromatic carbocycles. The number of anilines is 4. The maximum atomic E-state index is 5.80. The van der Waals surface area contributed by atoms with Crippen molar-refractivity contribution in [1.82, 2.24) is 15.1 Å². The lowest BCUT2D eigenvalue weighted by molar-refractivity contribution is 0.244. The third kappa shape index (κ3) is 4.01. The Morgan fingerprint density at radius 1 is 1.08 bits per heavy atom. The van der Waals surface area contributed by atoms with Crippen molar-refractivity contribution in [2.24, 2.45) is 0 Å². The van der Waals surface area contributed by atoms with E-state index in [4.69, 9.17) is 9.26 Å². The van der Waals surface area contributed by atoms with Crippen LogP contribution in [0.25, 0.3) is 0 Å². The summed E-state index contributed by atoms with van der Waals surface area (Å²) in [5.74, 6) is 3.12. The molecule has 0 saturated heterocycles. The molecule has 0 saturated carbocycles. The van der Waals surface area contributed by atoms with Gasteiger partial charge in [0.15, 0.2) is 5.82 Å². The second-order valence-electron chi connectivity index (χ2n) is 5.50. The number of hydrogen-bond donors (Lipinski definition) is 2. The summed E-state index contributed by atoms with van der Waals surface area (Å²) in [6.45, 7) is 5.80. The molecular weight excluding hydrogens is 306 g/mol. The summed E-state index contributed by atoms with van der Waals surface area (Å²) < 4.78 is 10.8. The molecule has 0 unspecified atom stereocenters. The predicted molar refractivity (Wildman–Crippen MR) is 92.0 cm³/mol. The molecule has 2 heterocycles. The summed E-state index contributed by atoms with van der Waals surface area (Å²) in [7, 11) is 0. The number of nitrogens with one attached hydrogen (secondary N) is 2. The topological polar surface area (TPSA) is 85.1 Å². The fraction of sp³-hybridized carbons (Fsp3) is 0.235. The van der Waals surface area contributed by atoms with Gasteiger partial charge in [-0.3, -0.25) is 0 Å². The summed E-state index contributed by atoms with van der Waals surface area (Å²) in [4.78, 5) is 8.60. The van der Waals surface area contributed by atoms with Gasteiger partial charge in [-0.2, -0.15) is 4.98 Å². The van der Waals surface area contributed by atoms with Gasteiger partial charge in [-0.05, 0) is 39.0 Å². The van der Waals surface area contributed by atoms with Gasteiger partial charge in [-0.15, -0.1) is 0 Å². The lowest BCUT2D eigenvalue weighted by Gasteiger charge is -2.15. The van der Waals surface area contributed by atoms with Crippen molar-refractivity contribution in [3.63, 3.8) is 0 Å². The number of aryl methyl sites for hydroxylation is 1. The van der Waals surface area contributed by atoms with Crippen molar-refractivity contribution >= 4 is 23.3 Å². The fourth-order valence-corrected chi connectivity index (χ4v) is 2.09. The van der Waals surface area contributed by atoms with E-state index in [1.54, 1.807) is 18.3 Å². The van der Waals surface area contributed by atoms with Crippen LogP contribution in [0, 0.1) is 6.92 Å². The minimum atomic E-state index is 0.0889. The monoisotopic (exact) mass is 325 g/mol. The number of para-hydroxylation sites is 2. The van der Waals surface area contributed by atoms with Crippen LogP contribution in [0.3, 0.4) is 0 Å². The van der Waals surface area contributed by atoms with Crippen LogP contribution in [-0.4, -0.2) is 21.2 Å². The quantitative estimate of drug-likeness (QED) is 0.707. The van der Waals surface area contributed by atoms with Gasteiger partial charge >= 0.3 is 0 Å². The van der Waals surface area contributed by atoms with Crippen LogP contribution in [0.4, 0.5) is 23.3 Å². The Morgan fingerprint density at radius 2 is 1.92 bits per heavy atom. The Morgan fingerprint density at radius 3 is 2.67 bits per heavy atom. The van der Waals surface area contributed by atoms with Gasteiger partial charge in [-0.1, -0.05) is 17.3 Å². The number of rotatable bonds is 6. The second kappa shape index (κ2) is 6.99. The van der Waals surface area contributed by atoms with Gasteiger partial charge in [0.25, 0.3) is 0 Å². The van der Waals surface area contributed by atoms with Crippen LogP contribution in [0.1, 0.15) is 19.6 Å². The Kier molecular flexibility index (Phi) is 4.60. The summed E-state index contributed by atoms with van der Waals surface area (Å²) in [5, 5.41) is 10.1. The highest BCUT2D eigenvalue weighted by atomic mass is 16.5. The molecule has 0 spiro atoms. The molecule has 2 aromatic heterocycles. The second-order valence-corrected chi connectivity index (χ2v) is 5.50. The third-order valence-electron chi connectivity index (χ3n) is 3.04. The van der Waals surface area contributed by atoms with Crippen LogP contribution in [0.5, 0.6) is 5.75 Å². The molecule has 0 aliphatic heterocycles. The highest BCUT2D eigenvalue weighted by molar-refractivity contribution is 5.64. The number of aromatic nitrogens is 3. The molecule has 0 radical (unpaired) electrons. The van der Waals surface area contributed by atoms with Gasteiger partial charge in [0.05, 0.1) is 11.8 Å². The van der Waals surface area contributed by atoms with E-state index in [1.807, 2.05) is 45.0 Å². The van der Waals surface area contributed by atoms with E-state index in [2.05, 4.69) is 25.8 Å². The van der Waals surface area contributed by atoms with Crippen molar-refractivity contribution in [2.75, 3.05) is 10.6 Å². The molecular formula is C17H19N5O2. The molecule has 0 bridgehead atoms. The summed E-state index contributed by atoms with van der Waals surface area (Å²) >= 11 is 0. The van der Waals surface area contributed by atoms with Crippen molar-refractivity contribution in [2.45, 2.75) is 26.9 Å². The van der Waals surface area contributed by atoms with Gasteiger partial charge < -0.3 is 19.9 Å². The van der Waals surface area contributed by atoms with Gasteiger partial charge in [0, 0.05) is 12.3 Å². The normalized spacial score (nSPS) is 10.7. The maximum Gasteiger partial charge on any atom is 0.230 e. The van der Waals surface area contributed by atoms with Gasteiger partial charge in [0.2, 0.25) is 5.95 Å². The molecule has 3 aromatic rings. The number of nitrogens with zero attached hydrogens (tertiary/aromatic N) is 3. The molecule has 7 heteroatoms. The third-order valence-corrected chi connectivity index (χ3v) is 3.04. The molecule has 0 aliphatic carbocycles. The van der Waals surface area contributed by atoms with Crippen LogP contribution in [0.15, 0.2) is 47.1 Å². The predicted octanol–water partition coefficient (Wildman–Crippen LogP) is 4.05. The van der Waals surface area contributed by atoms with Gasteiger partial charge in [-0.25, -0.2) is 4.98 Å². The van der Waals surface area contributed by atoms with E-state index in [0.29, 0.717) is 23.3 Å². The number of ether oxygens (including phenoxy) is 1. The van der Waals surface area contributed by atoms with Crippen molar-refractivity contribution in [1.29, 1.82) is 0 Å². The first kappa shape index (κ1) is 15.8. The molecule has 0 fully saturated rings. The molecule has 0 atom stereocenters. The Labute approximate surface area is 140 Å². The highest BCUT2D eigenvalue weighted by Gasteiger charge is 2.08. The van der Waals surface area contributed by atoms with E-state index >= 15 is 0 Å². The van der Waals surface area contributed by atoms with Crippen LogP contribution in [-0.2, 0) is 0 Å². The lowest BCUT2D eigenvalue weighted by atomic mass is 10.3. The Hall–Kier alpha value is -3.09. The van der Waals surface area contributed by atoms with Crippen molar-refractivity contribution in [3.05, 3.63) is 48.4 Å². The molecule has 3 rings (SSSR count). The zero-order chi connectivity index (χ0) is 16.9. The highest BCUT2D eigenvalue weighted by Crippen LogP contribution is 2.27. The molecule has 0 amide bonds. The zero-order valence-corrected chi connectivity index (χ0v) is 13.8. The van der Waals surface area contributed by atoms with Gasteiger partial charge in [0.1, 0.15) is 17.3 Å². The van der Waals surface area contributed by atoms with E-state index in [-0.39, 0.29) is 6.10 Å². The molecule has 0 aliphatic rings. The fourth-order valence-electron chi connectivity index (χ4n) is 2.09. The molecule has 124 valence electrons. The average Bonchev–Trinajstić information content (AvgIpc) is 2.94. The largest absolute Gasteiger partial charge is 0.489 e. The van der Waals surface area contributed by atoms with E-state index in [1.165, 1.54) is 0 Å². The minimum absolute atomic E-state index is 0.0889. The van der Waals surface area contributed by atoms with Crippen molar-refractivity contribution in [3.8, 4) is 5.75 Å². The molecule has 2 N–H and O–H groups in total. The summed E-state index contributed by atoms with van der Waals surface area (Å²) in [6.07, 6.45) is 1.75. The van der Waals surface area contributed by atoms with E-state index < -0.39 is 0 Å². The Balaban J connectivity index is 1.77. The first-order valence-electron chi connectivity index (χ1n) is 7.66. The molecule has 7 nitrogen and oxygen atoms in total. The van der Waals surface area contributed by atoms with E-state index in [0.717, 1.165) is 11.4 Å². The SMILES string of the molecule is Cc1cc(Nc2nccc(Nc3ccccc3OC(C)C)n2)no1. The number of hydrogen-bond acceptors (Lipinski definition) is 7.